The second kappa shape index (κ2) is 6.57. The molecule has 0 atom stereocenters. The van der Waals surface area contributed by atoms with Gasteiger partial charge in [-0.05, 0) is 41.9 Å². The van der Waals surface area contributed by atoms with Crippen LogP contribution in [0, 0.1) is 39.9 Å². The summed E-state index contributed by atoms with van der Waals surface area (Å²) in [6.45, 7) is 0. The molecule has 1 aliphatic rings. The highest BCUT2D eigenvalue weighted by Crippen LogP contribution is 2.40. The lowest BCUT2D eigenvalue weighted by atomic mass is 9.99. The monoisotopic (exact) mass is 292 g/mol. The molecule has 2 rings (SSSR count). The van der Waals surface area contributed by atoms with Gasteiger partial charge in [0.2, 0.25) is 0 Å². The van der Waals surface area contributed by atoms with Gasteiger partial charge in [-0.3, -0.25) is 0 Å². The lowest BCUT2D eigenvalue weighted by Crippen LogP contribution is -2.06. The summed E-state index contributed by atoms with van der Waals surface area (Å²) in [7, 11) is 0. The van der Waals surface area contributed by atoms with Crippen LogP contribution in [0.15, 0.2) is 46.0 Å². The molecule has 1 fully saturated rings. The zero-order valence-electron chi connectivity index (χ0n) is 11.2. The maximum absolute atomic E-state index is 9.37. The number of hydrogen-bond donors (Lipinski definition) is 1. The molecule has 1 aromatic heterocycles. The van der Waals surface area contributed by atoms with Gasteiger partial charge in [0.25, 0.3) is 0 Å². The van der Waals surface area contributed by atoms with Crippen LogP contribution in [0.5, 0.6) is 0 Å². The summed E-state index contributed by atoms with van der Waals surface area (Å²) in [6.07, 6.45) is 5.80. The molecule has 0 aromatic carbocycles. The van der Waals surface area contributed by atoms with Gasteiger partial charge in [-0.2, -0.15) is 15.8 Å². The Balaban J connectivity index is 2.48. The van der Waals surface area contributed by atoms with Gasteiger partial charge in [0.1, 0.15) is 18.2 Å². The quantitative estimate of drug-likeness (QED) is 0.680. The van der Waals surface area contributed by atoms with Crippen molar-refractivity contribution < 1.29 is 0 Å². The van der Waals surface area contributed by atoms with Crippen molar-refractivity contribution in [3.63, 3.8) is 0 Å². The van der Waals surface area contributed by atoms with Crippen molar-refractivity contribution >= 4 is 17.4 Å². The van der Waals surface area contributed by atoms with E-state index >= 15 is 0 Å². The first kappa shape index (κ1) is 14.6. The second-order valence-electron chi connectivity index (χ2n) is 4.58. The van der Waals surface area contributed by atoms with Gasteiger partial charge in [0.05, 0.1) is 11.3 Å². The van der Waals surface area contributed by atoms with Gasteiger partial charge in [0, 0.05) is 4.88 Å². The predicted molar refractivity (Wildman–Crippen MR) is 81.2 cm³/mol. The van der Waals surface area contributed by atoms with E-state index in [1.54, 1.807) is 23.5 Å². The molecule has 0 saturated heterocycles. The highest BCUT2D eigenvalue weighted by atomic mass is 32.1. The Morgan fingerprint density at radius 2 is 1.95 bits per heavy atom. The molecule has 2 N–H and O–H groups in total. The van der Waals surface area contributed by atoms with Crippen molar-refractivity contribution in [1.29, 1.82) is 15.8 Å². The average molecular weight is 292 g/mol. The SMILES string of the molecule is N#CC(C#N)=C(N)/C(C#N)=C(\C=C\c1cccs1)C1CC1. The molecule has 1 saturated carbocycles. The van der Waals surface area contributed by atoms with Crippen molar-refractivity contribution in [2.45, 2.75) is 12.8 Å². The van der Waals surface area contributed by atoms with Crippen LogP contribution >= 0.6 is 11.3 Å². The molecular weight excluding hydrogens is 280 g/mol. The molecule has 0 spiro atoms. The fourth-order valence-electron chi connectivity index (χ4n) is 1.93. The number of allylic oxidation sites excluding steroid dienone is 4. The topological polar surface area (TPSA) is 97.4 Å². The van der Waals surface area contributed by atoms with Crippen molar-refractivity contribution in [2.24, 2.45) is 11.7 Å². The van der Waals surface area contributed by atoms with Gasteiger partial charge >= 0.3 is 0 Å². The Morgan fingerprint density at radius 3 is 2.43 bits per heavy atom. The molecular formula is C16H12N4S. The third kappa shape index (κ3) is 3.39. The van der Waals surface area contributed by atoms with Crippen LogP contribution in [0.2, 0.25) is 0 Å². The van der Waals surface area contributed by atoms with E-state index in [0.29, 0.717) is 0 Å². The standard InChI is InChI=1S/C16H12N4S/c17-8-12(9-18)16(20)15(10-19)14(11-3-4-11)6-5-13-2-1-7-21-13/h1-2,5-7,11H,3-4,20H2/b6-5+,15-14+. The summed E-state index contributed by atoms with van der Waals surface area (Å²) in [5.74, 6) is 0.285. The van der Waals surface area contributed by atoms with Crippen LogP contribution < -0.4 is 5.73 Å². The predicted octanol–water partition coefficient (Wildman–Crippen LogP) is 3.25. The summed E-state index contributed by atoms with van der Waals surface area (Å²) in [5, 5.41) is 29.1. The van der Waals surface area contributed by atoms with Crippen LogP contribution in [0.4, 0.5) is 0 Å². The lowest BCUT2D eigenvalue weighted by molar-refractivity contribution is 1.03. The molecule has 4 nitrogen and oxygen atoms in total. The van der Waals surface area contributed by atoms with Gasteiger partial charge in [0.15, 0.2) is 5.57 Å². The largest absolute Gasteiger partial charge is 0.396 e. The van der Waals surface area contributed by atoms with Crippen molar-refractivity contribution in [1.82, 2.24) is 0 Å². The maximum atomic E-state index is 9.37. The van der Waals surface area contributed by atoms with Crippen LogP contribution in [0.25, 0.3) is 6.08 Å². The Bertz CT molecular complexity index is 726. The normalized spacial score (nSPS) is 14.7. The minimum atomic E-state index is -0.214. The fourth-order valence-corrected chi connectivity index (χ4v) is 2.54. The summed E-state index contributed by atoms with van der Waals surface area (Å²) < 4.78 is 0. The van der Waals surface area contributed by atoms with Crippen molar-refractivity contribution in [3.8, 4) is 18.2 Å². The van der Waals surface area contributed by atoms with Gasteiger partial charge in [-0.25, -0.2) is 0 Å². The minimum absolute atomic E-state index is 0.0276. The zero-order valence-corrected chi connectivity index (χ0v) is 12.0. The van der Waals surface area contributed by atoms with Gasteiger partial charge in [-0.15, -0.1) is 11.3 Å². The maximum Gasteiger partial charge on any atom is 0.153 e. The molecule has 0 aliphatic heterocycles. The number of nitrogens with two attached hydrogens (primary N) is 1. The van der Waals surface area contributed by atoms with E-state index in [9.17, 15) is 5.26 Å². The first-order valence-corrected chi connectivity index (χ1v) is 7.25. The second-order valence-corrected chi connectivity index (χ2v) is 5.56. The minimum Gasteiger partial charge on any atom is -0.396 e. The number of nitrogens with zero attached hydrogens (tertiary/aromatic N) is 3. The van der Waals surface area contributed by atoms with E-state index in [2.05, 4.69) is 0 Å². The van der Waals surface area contributed by atoms with E-state index in [0.717, 1.165) is 23.3 Å². The van der Waals surface area contributed by atoms with Crippen molar-refractivity contribution in [3.05, 3.63) is 50.9 Å². The highest BCUT2D eigenvalue weighted by molar-refractivity contribution is 7.10. The van der Waals surface area contributed by atoms with Crippen molar-refractivity contribution in [2.75, 3.05) is 0 Å². The lowest BCUT2D eigenvalue weighted by Gasteiger charge is -2.05. The average Bonchev–Trinajstić information content (AvgIpc) is 3.20. The third-order valence-electron chi connectivity index (χ3n) is 3.15. The van der Waals surface area contributed by atoms with Crippen LogP contribution in [-0.2, 0) is 0 Å². The van der Waals surface area contributed by atoms with Gasteiger partial charge < -0.3 is 5.73 Å². The number of hydrogen-bond acceptors (Lipinski definition) is 5. The van der Waals surface area contributed by atoms with E-state index in [1.165, 1.54) is 0 Å². The number of rotatable bonds is 4. The molecule has 102 valence electrons. The highest BCUT2D eigenvalue weighted by Gasteiger charge is 2.28. The molecule has 5 heteroatoms. The molecule has 0 bridgehead atoms. The molecule has 21 heavy (non-hydrogen) atoms. The molecule has 0 unspecified atom stereocenters. The Kier molecular flexibility index (Phi) is 4.57. The van der Waals surface area contributed by atoms with Crippen LogP contribution in [0.1, 0.15) is 17.7 Å². The van der Waals surface area contributed by atoms with Crippen LogP contribution in [0.3, 0.4) is 0 Å². The van der Waals surface area contributed by atoms with Crippen LogP contribution in [-0.4, -0.2) is 0 Å². The third-order valence-corrected chi connectivity index (χ3v) is 3.99. The Labute approximate surface area is 127 Å². The number of thiophene rings is 1. The Morgan fingerprint density at radius 1 is 1.24 bits per heavy atom. The summed E-state index contributed by atoms with van der Waals surface area (Å²) in [4.78, 5) is 1.08. The number of nitriles is 3. The summed E-state index contributed by atoms with van der Waals surface area (Å²) >= 11 is 1.60. The van der Waals surface area contributed by atoms with E-state index < -0.39 is 0 Å². The van der Waals surface area contributed by atoms with E-state index in [-0.39, 0.29) is 22.8 Å². The smallest absolute Gasteiger partial charge is 0.153 e. The summed E-state index contributed by atoms with van der Waals surface area (Å²) in [5.41, 5.74) is 6.64. The molecule has 1 aromatic rings. The zero-order chi connectivity index (χ0) is 15.2. The molecule has 0 radical (unpaired) electrons. The van der Waals surface area contributed by atoms with E-state index in [4.69, 9.17) is 16.3 Å². The first-order chi connectivity index (χ1) is 10.2. The van der Waals surface area contributed by atoms with E-state index in [1.807, 2.05) is 35.7 Å². The molecule has 0 amide bonds. The molecule has 1 aliphatic carbocycles. The fraction of sp³-hybridized carbons (Fsp3) is 0.188. The Hall–Kier alpha value is -2.81. The summed E-state index contributed by atoms with van der Waals surface area (Å²) in [6, 6.07) is 9.45. The van der Waals surface area contributed by atoms with Gasteiger partial charge in [-0.1, -0.05) is 12.1 Å². The first-order valence-electron chi connectivity index (χ1n) is 6.37. The molecule has 1 heterocycles.